The molecular weight excluding hydrogens is 425 g/mol. The Morgan fingerprint density at radius 3 is 2.50 bits per heavy atom. The number of hydrogen-bond donors (Lipinski definition) is 2. The van der Waals surface area contributed by atoms with Crippen molar-refractivity contribution in [1.82, 2.24) is 19.6 Å². The molecule has 0 saturated heterocycles. The molecule has 2 heterocycles. The van der Waals surface area contributed by atoms with Crippen LogP contribution in [0.25, 0.3) is 5.78 Å². The fourth-order valence-corrected chi connectivity index (χ4v) is 2.94. The van der Waals surface area contributed by atoms with Gasteiger partial charge in [0, 0.05) is 17.6 Å². The zero-order chi connectivity index (χ0) is 22.9. The molecule has 4 rings (SSSR count). The lowest BCUT2D eigenvalue weighted by Gasteiger charge is -2.12. The molecule has 4 aromatic rings. The molecule has 0 aliphatic rings. The van der Waals surface area contributed by atoms with Crippen LogP contribution >= 0.6 is 0 Å². The van der Waals surface area contributed by atoms with Gasteiger partial charge in [0.15, 0.2) is 0 Å². The molecule has 0 atom stereocenters. The van der Waals surface area contributed by atoms with Crippen molar-refractivity contribution in [2.24, 2.45) is 0 Å². The number of nitrogens with one attached hydrogen (secondary N) is 2. The Morgan fingerprint density at radius 2 is 1.75 bits per heavy atom. The minimum Gasteiger partial charge on any atom is -0.322 e. The molecule has 0 fully saturated rings. The van der Waals surface area contributed by atoms with E-state index in [2.05, 4.69) is 25.7 Å². The summed E-state index contributed by atoms with van der Waals surface area (Å²) in [5.74, 6) is -1.28. The summed E-state index contributed by atoms with van der Waals surface area (Å²) in [6, 6.07) is 12.0. The lowest BCUT2D eigenvalue weighted by molar-refractivity contribution is -0.137. The molecule has 0 saturated carbocycles. The number of rotatable bonds is 4. The number of halogens is 3. The largest absolute Gasteiger partial charge is 0.416 e. The van der Waals surface area contributed by atoms with Gasteiger partial charge < -0.3 is 10.6 Å². The minimum absolute atomic E-state index is 0.0329. The number of para-hydroxylation sites is 1. The molecule has 2 aromatic carbocycles. The van der Waals surface area contributed by atoms with Crippen LogP contribution < -0.4 is 10.6 Å². The SMILES string of the molecule is Cc1ccnc2nc(C(=O)Nc3ccccc3C(=O)Nc3cccc(C(F)(F)F)c3)nn12. The summed E-state index contributed by atoms with van der Waals surface area (Å²) in [5.41, 5.74) is -0.00232. The maximum Gasteiger partial charge on any atom is 0.416 e. The Bertz CT molecular complexity index is 1330. The smallest absolute Gasteiger partial charge is 0.322 e. The van der Waals surface area contributed by atoms with E-state index in [1.807, 2.05) is 0 Å². The van der Waals surface area contributed by atoms with Gasteiger partial charge in [-0.3, -0.25) is 9.59 Å². The highest BCUT2D eigenvalue weighted by Gasteiger charge is 2.30. The first-order chi connectivity index (χ1) is 15.2. The summed E-state index contributed by atoms with van der Waals surface area (Å²) >= 11 is 0. The number of aromatic nitrogens is 4. The van der Waals surface area contributed by atoms with E-state index in [1.54, 1.807) is 25.1 Å². The first-order valence-electron chi connectivity index (χ1n) is 9.30. The number of alkyl halides is 3. The van der Waals surface area contributed by atoms with Crippen LogP contribution in [0, 0.1) is 6.92 Å². The van der Waals surface area contributed by atoms with Crippen LogP contribution in [0.15, 0.2) is 60.8 Å². The molecule has 2 aromatic heterocycles. The summed E-state index contributed by atoms with van der Waals surface area (Å²) in [4.78, 5) is 33.5. The van der Waals surface area contributed by atoms with Crippen LogP contribution in [0.2, 0.25) is 0 Å². The molecule has 32 heavy (non-hydrogen) atoms. The van der Waals surface area contributed by atoms with Crippen molar-refractivity contribution in [2.45, 2.75) is 13.1 Å². The molecule has 2 N–H and O–H groups in total. The van der Waals surface area contributed by atoms with Gasteiger partial charge in [-0.1, -0.05) is 18.2 Å². The number of hydrogen-bond acceptors (Lipinski definition) is 5. The van der Waals surface area contributed by atoms with E-state index in [9.17, 15) is 22.8 Å². The van der Waals surface area contributed by atoms with Gasteiger partial charge in [-0.15, -0.1) is 5.10 Å². The zero-order valence-corrected chi connectivity index (χ0v) is 16.5. The third-order valence-electron chi connectivity index (χ3n) is 4.50. The molecular formula is C21H15F3N6O2. The summed E-state index contributed by atoms with van der Waals surface area (Å²) in [6.07, 6.45) is -3.00. The van der Waals surface area contributed by atoms with Gasteiger partial charge in [-0.25, -0.2) is 9.50 Å². The molecule has 11 heteroatoms. The Hall–Kier alpha value is -4.28. The summed E-state index contributed by atoms with van der Waals surface area (Å²) in [5, 5.41) is 9.09. The first kappa shape index (κ1) is 21.0. The van der Waals surface area contributed by atoms with E-state index < -0.39 is 23.6 Å². The van der Waals surface area contributed by atoms with Crippen LogP contribution in [0.5, 0.6) is 0 Å². The van der Waals surface area contributed by atoms with Crippen molar-refractivity contribution >= 4 is 29.0 Å². The van der Waals surface area contributed by atoms with Crippen molar-refractivity contribution in [3.8, 4) is 0 Å². The topological polar surface area (TPSA) is 101 Å². The van der Waals surface area contributed by atoms with E-state index in [1.165, 1.54) is 35.0 Å². The fraction of sp³-hybridized carbons (Fsp3) is 0.0952. The Balaban J connectivity index is 1.56. The lowest BCUT2D eigenvalue weighted by Crippen LogP contribution is -2.19. The molecule has 0 bridgehead atoms. The van der Waals surface area contributed by atoms with Crippen molar-refractivity contribution in [1.29, 1.82) is 0 Å². The maximum absolute atomic E-state index is 12.9. The number of carbonyl (C=O) groups is 2. The van der Waals surface area contributed by atoms with Crippen LogP contribution in [-0.2, 0) is 6.18 Å². The van der Waals surface area contributed by atoms with Crippen molar-refractivity contribution in [3.05, 3.63) is 83.4 Å². The second kappa shape index (κ2) is 8.10. The molecule has 162 valence electrons. The highest BCUT2D eigenvalue weighted by atomic mass is 19.4. The number of nitrogens with zero attached hydrogens (tertiary/aromatic N) is 4. The Morgan fingerprint density at radius 1 is 0.969 bits per heavy atom. The summed E-state index contributed by atoms with van der Waals surface area (Å²) < 4.78 is 40.2. The van der Waals surface area contributed by atoms with Gasteiger partial charge in [0.05, 0.1) is 16.8 Å². The van der Waals surface area contributed by atoms with Gasteiger partial charge in [-0.05, 0) is 43.3 Å². The predicted molar refractivity (Wildman–Crippen MR) is 109 cm³/mol. The number of carbonyl (C=O) groups excluding carboxylic acids is 2. The van der Waals surface area contributed by atoms with Crippen molar-refractivity contribution in [3.63, 3.8) is 0 Å². The van der Waals surface area contributed by atoms with E-state index in [0.29, 0.717) is 0 Å². The number of amides is 2. The van der Waals surface area contributed by atoms with Crippen LogP contribution in [0.4, 0.5) is 24.5 Å². The summed E-state index contributed by atoms with van der Waals surface area (Å²) in [7, 11) is 0. The molecule has 0 radical (unpaired) electrons. The zero-order valence-electron chi connectivity index (χ0n) is 16.5. The minimum atomic E-state index is -4.54. The van der Waals surface area contributed by atoms with E-state index in [-0.39, 0.29) is 28.5 Å². The monoisotopic (exact) mass is 440 g/mol. The molecule has 8 nitrogen and oxygen atoms in total. The molecule has 0 aliphatic carbocycles. The third-order valence-corrected chi connectivity index (χ3v) is 4.50. The first-order valence-corrected chi connectivity index (χ1v) is 9.30. The third kappa shape index (κ3) is 4.26. The number of anilines is 2. The Kier molecular flexibility index (Phi) is 5.31. The standard InChI is InChI=1S/C21H15F3N6O2/c1-12-9-10-25-20-28-17(29-30(12)20)19(32)27-16-8-3-2-7-15(16)18(31)26-14-6-4-5-13(11-14)21(22,23)24/h2-11H,1H3,(H,26,31)(H,27,32). The van der Waals surface area contributed by atoms with Crippen LogP contribution in [0.3, 0.4) is 0 Å². The van der Waals surface area contributed by atoms with Gasteiger partial charge in [0.1, 0.15) is 0 Å². The van der Waals surface area contributed by atoms with Crippen molar-refractivity contribution in [2.75, 3.05) is 10.6 Å². The average molecular weight is 440 g/mol. The highest BCUT2D eigenvalue weighted by molar-refractivity contribution is 6.11. The second-order valence-corrected chi connectivity index (χ2v) is 6.77. The normalized spacial score (nSPS) is 11.4. The van der Waals surface area contributed by atoms with Crippen molar-refractivity contribution < 1.29 is 22.8 Å². The number of fused-ring (bicyclic) bond motifs is 1. The molecule has 2 amide bonds. The molecule has 0 spiro atoms. The van der Waals surface area contributed by atoms with E-state index in [4.69, 9.17) is 0 Å². The summed E-state index contributed by atoms with van der Waals surface area (Å²) in [6.45, 7) is 1.78. The van der Waals surface area contributed by atoms with Gasteiger partial charge in [0.2, 0.25) is 5.82 Å². The lowest BCUT2D eigenvalue weighted by atomic mass is 10.1. The molecule has 0 aliphatic heterocycles. The molecule has 0 unspecified atom stereocenters. The van der Waals surface area contributed by atoms with Gasteiger partial charge in [0.25, 0.3) is 17.6 Å². The van der Waals surface area contributed by atoms with E-state index >= 15 is 0 Å². The van der Waals surface area contributed by atoms with Crippen LogP contribution in [0.1, 0.15) is 32.2 Å². The maximum atomic E-state index is 12.9. The van der Waals surface area contributed by atoms with Gasteiger partial charge in [-0.2, -0.15) is 18.2 Å². The second-order valence-electron chi connectivity index (χ2n) is 6.77. The highest BCUT2D eigenvalue weighted by Crippen LogP contribution is 2.31. The fourth-order valence-electron chi connectivity index (χ4n) is 2.94. The number of aryl methyl sites for hydroxylation is 1. The average Bonchev–Trinajstić information content (AvgIpc) is 3.20. The Labute approximate surface area is 179 Å². The quantitative estimate of drug-likeness (QED) is 0.500. The van der Waals surface area contributed by atoms with Gasteiger partial charge >= 0.3 is 6.18 Å². The predicted octanol–water partition coefficient (Wildman–Crippen LogP) is 3.96. The van der Waals surface area contributed by atoms with Crippen LogP contribution in [-0.4, -0.2) is 31.4 Å². The number of benzene rings is 2. The van der Waals surface area contributed by atoms with E-state index in [0.717, 1.165) is 17.8 Å².